The molecule has 2 amide bonds. The molecular weight excluding hydrogens is 434 g/mol. The maximum absolute atomic E-state index is 13.5. The highest BCUT2D eigenvalue weighted by atomic mass is 16.5. The van der Waals surface area contributed by atoms with Gasteiger partial charge in [0, 0.05) is 38.2 Å². The molecule has 34 heavy (non-hydrogen) atoms. The lowest BCUT2D eigenvalue weighted by molar-refractivity contribution is -0.129. The molecular formula is C26H31N3O5. The lowest BCUT2D eigenvalue weighted by Gasteiger charge is -2.37. The SMILES string of the molecule is COc1ccccc1C#Cc1cnc2c(c1)C(=O)N([C@@H](C)CO)C[C@H](C)[C@H](CN(C)C(C)=O)O2. The van der Waals surface area contributed by atoms with Crippen LogP contribution in [0, 0.1) is 17.8 Å². The first-order valence-corrected chi connectivity index (χ1v) is 11.2. The first-order chi connectivity index (χ1) is 16.2. The molecule has 1 aromatic carbocycles. The van der Waals surface area contributed by atoms with Crippen LogP contribution in [0.25, 0.3) is 0 Å². The summed E-state index contributed by atoms with van der Waals surface area (Å²) >= 11 is 0. The maximum Gasteiger partial charge on any atom is 0.259 e. The number of hydrogen-bond acceptors (Lipinski definition) is 6. The summed E-state index contributed by atoms with van der Waals surface area (Å²) in [5.74, 6) is 6.50. The topological polar surface area (TPSA) is 92.2 Å². The van der Waals surface area contributed by atoms with Gasteiger partial charge in [0.2, 0.25) is 11.8 Å². The molecule has 1 N–H and O–H groups in total. The molecule has 0 aliphatic carbocycles. The number of fused-ring (bicyclic) bond motifs is 1. The number of nitrogens with zero attached hydrogens (tertiary/aromatic N) is 3. The molecule has 2 aromatic rings. The number of rotatable bonds is 5. The molecule has 180 valence electrons. The van der Waals surface area contributed by atoms with E-state index in [1.165, 1.54) is 6.92 Å². The Morgan fingerprint density at radius 1 is 1.38 bits per heavy atom. The number of ether oxygens (including phenoxy) is 2. The first kappa shape index (κ1) is 25.1. The monoisotopic (exact) mass is 465 g/mol. The number of aliphatic hydroxyl groups is 1. The minimum Gasteiger partial charge on any atom is -0.495 e. The molecule has 3 rings (SSSR count). The average molecular weight is 466 g/mol. The molecule has 1 aliphatic heterocycles. The van der Waals surface area contributed by atoms with Gasteiger partial charge in [-0.05, 0) is 25.1 Å². The number of aromatic nitrogens is 1. The van der Waals surface area contributed by atoms with Gasteiger partial charge in [0.1, 0.15) is 17.4 Å². The van der Waals surface area contributed by atoms with Gasteiger partial charge in [0.25, 0.3) is 5.91 Å². The molecule has 1 aliphatic rings. The standard InChI is InChI=1S/C26H31N3O5/c1-17-14-29(18(2)16-30)26(32)22-12-20(10-11-21-8-6-7-9-23(21)33-5)13-27-25(22)34-24(17)15-28(4)19(3)31/h6-9,12-13,17-18,24,30H,14-16H2,1-5H3/t17-,18-,24-/m0/s1. The van der Waals surface area contributed by atoms with Crippen LogP contribution in [0.4, 0.5) is 0 Å². The Labute approximate surface area is 200 Å². The van der Waals surface area contributed by atoms with Crippen LogP contribution in [0.1, 0.15) is 42.3 Å². The van der Waals surface area contributed by atoms with Gasteiger partial charge in [-0.1, -0.05) is 30.9 Å². The molecule has 0 spiro atoms. The lowest BCUT2D eigenvalue weighted by Crippen LogP contribution is -2.50. The van der Waals surface area contributed by atoms with Crippen molar-refractivity contribution < 1.29 is 24.2 Å². The molecule has 0 bridgehead atoms. The zero-order valence-corrected chi connectivity index (χ0v) is 20.2. The van der Waals surface area contributed by atoms with E-state index in [-0.39, 0.29) is 41.9 Å². The van der Waals surface area contributed by atoms with E-state index in [2.05, 4.69) is 16.8 Å². The van der Waals surface area contributed by atoms with E-state index in [0.717, 1.165) is 5.56 Å². The molecule has 0 saturated heterocycles. The van der Waals surface area contributed by atoms with Crippen LogP contribution in [-0.4, -0.2) is 77.7 Å². The number of benzene rings is 1. The number of amides is 2. The summed E-state index contributed by atoms with van der Waals surface area (Å²) < 4.78 is 11.5. The van der Waals surface area contributed by atoms with Gasteiger partial charge in [0.05, 0.1) is 31.9 Å². The summed E-state index contributed by atoms with van der Waals surface area (Å²) in [4.78, 5) is 32.9. The Morgan fingerprint density at radius 3 is 2.79 bits per heavy atom. The summed E-state index contributed by atoms with van der Waals surface area (Å²) in [7, 11) is 3.29. The van der Waals surface area contributed by atoms with Gasteiger partial charge in [-0.3, -0.25) is 9.59 Å². The zero-order chi connectivity index (χ0) is 24.8. The highest BCUT2D eigenvalue weighted by Crippen LogP contribution is 2.27. The van der Waals surface area contributed by atoms with Gasteiger partial charge in [-0.2, -0.15) is 0 Å². The summed E-state index contributed by atoms with van der Waals surface area (Å²) in [5.41, 5.74) is 1.54. The van der Waals surface area contributed by atoms with E-state index in [1.54, 1.807) is 43.1 Å². The van der Waals surface area contributed by atoms with Gasteiger partial charge < -0.3 is 24.4 Å². The minimum absolute atomic E-state index is 0.0790. The lowest BCUT2D eigenvalue weighted by atomic mass is 10.00. The van der Waals surface area contributed by atoms with Crippen molar-refractivity contribution in [2.75, 3.05) is 33.9 Å². The normalized spacial score (nSPS) is 18.4. The molecule has 0 fully saturated rings. The van der Waals surface area contributed by atoms with Crippen molar-refractivity contribution in [3.05, 3.63) is 53.2 Å². The third-order valence-corrected chi connectivity index (χ3v) is 5.96. The van der Waals surface area contributed by atoms with Gasteiger partial charge in [-0.15, -0.1) is 0 Å². The number of pyridine rings is 1. The van der Waals surface area contributed by atoms with Crippen molar-refractivity contribution in [3.63, 3.8) is 0 Å². The third kappa shape index (κ3) is 5.67. The number of carbonyl (C=O) groups is 2. The van der Waals surface area contributed by atoms with Crippen LogP contribution in [0.15, 0.2) is 36.5 Å². The number of aliphatic hydroxyl groups excluding tert-OH is 1. The van der Waals surface area contributed by atoms with Crippen LogP contribution < -0.4 is 9.47 Å². The largest absolute Gasteiger partial charge is 0.495 e. The quantitative estimate of drug-likeness (QED) is 0.681. The smallest absolute Gasteiger partial charge is 0.259 e. The summed E-state index contributed by atoms with van der Waals surface area (Å²) in [6.45, 7) is 5.79. The van der Waals surface area contributed by atoms with E-state index in [4.69, 9.17) is 9.47 Å². The van der Waals surface area contributed by atoms with E-state index in [0.29, 0.717) is 24.4 Å². The third-order valence-electron chi connectivity index (χ3n) is 5.96. The van der Waals surface area contributed by atoms with Crippen LogP contribution in [0.3, 0.4) is 0 Å². The Hall–Kier alpha value is -3.57. The first-order valence-electron chi connectivity index (χ1n) is 11.2. The molecule has 8 nitrogen and oxygen atoms in total. The summed E-state index contributed by atoms with van der Waals surface area (Å²) in [6, 6.07) is 8.68. The summed E-state index contributed by atoms with van der Waals surface area (Å²) in [6.07, 6.45) is 1.18. The average Bonchev–Trinajstić information content (AvgIpc) is 2.84. The highest BCUT2D eigenvalue weighted by Gasteiger charge is 2.34. The number of para-hydroxylation sites is 1. The predicted molar refractivity (Wildman–Crippen MR) is 128 cm³/mol. The van der Waals surface area contributed by atoms with Gasteiger partial charge in [-0.25, -0.2) is 4.98 Å². The van der Waals surface area contributed by atoms with Crippen molar-refractivity contribution in [2.45, 2.75) is 32.9 Å². The van der Waals surface area contributed by atoms with Crippen molar-refractivity contribution >= 4 is 11.8 Å². The Morgan fingerprint density at radius 2 is 2.12 bits per heavy atom. The fourth-order valence-electron chi connectivity index (χ4n) is 3.67. The highest BCUT2D eigenvalue weighted by molar-refractivity contribution is 5.97. The van der Waals surface area contributed by atoms with Crippen LogP contribution in [0.2, 0.25) is 0 Å². The summed E-state index contributed by atoms with van der Waals surface area (Å²) in [5, 5.41) is 9.77. The van der Waals surface area contributed by atoms with Gasteiger partial charge >= 0.3 is 0 Å². The molecule has 1 aromatic heterocycles. The van der Waals surface area contributed by atoms with E-state index in [9.17, 15) is 14.7 Å². The Kier molecular flexibility index (Phi) is 8.13. The van der Waals surface area contributed by atoms with Crippen molar-refractivity contribution in [3.8, 4) is 23.5 Å². The second-order valence-corrected chi connectivity index (χ2v) is 8.55. The number of methoxy groups -OCH3 is 1. The van der Waals surface area contributed by atoms with Crippen LogP contribution in [-0.2, 0) is 4.79 Å². The van der Waals surface area contributed by atoms with Crippen LogP contribution >= 0.6 is 0 Å². The maximum atomic E-state index is 13.5. The van der Waals surface area contributed by atoms with Crippen LogP contribution in [0.5, 0.6) is 11.6 Å². The fraction of sp³-hybridized carbons (Fsp3) is 0.423. The second-order valence-electron chi connectivity index (χ2n) is 8.55. The number of hydrogen-bond donors (Lipinski definition) is 1. The number of likely N-dealkylation sites (N-methyl/N-ethyl adjacent to an activating group) is 1. The van der Waals surface area contributed by atoms with E-state index >= 15 is 0 Å². The van der Waals surface area contributed by atoms with E-state index in [1.807, 2.05) is 31.2 Å². The zero-order valence-electron chi connectivity index (χ0n) is 20.2. The molecule has 0 saturated carbocycles. The Balaban J connectivity index is 2.02. The van der Waals surface area contributed by atoms with Crippen molar-refractivity contribution in [2.24, 2.45) is 5.92 Å². The van der Waals surface area contributed by atoms with Crippen molar-refractivity contribution in [1.82, 2.24) is 14.8 Å². The second kappa shape index (κ2) is 11.0. The Bertz CT molecular complexity index is 1110. The number of carbonyl (C=O) groups excluding carboxylic acids is 2. The predicted octanol–water partition coefficient (Wildman–Crippen LogP) is 2.19. The molecule has 3 atom stereocenters. The molecule has 0 radical (unpaired) electrons. The minimum atomic E-state index is -0.393. The molecule has 0 unspecified atom stereocenters. The fourth-order valence-corrected chi connectivity index (χ4v) is 3.67. The van der Waals surface area contributed by atoms with Crippen molar-refractivity contribution in [1.29, 1.82) is 0 Å². The van der Waals surface area contributed by atoms with Gasteiger partial charge in [0.15, 0.2) is 0 Å². The molecule has 8 heteroatoms. The van der Waals surface area contributed by atoms with E-state index < -0.39 is 6.04 Å². The molecule has 2 heterocycles.